The van der Waals surface area contributed by atoms with Crippen LogP contribution in [-0.4, -0.2) is 16.7 Å². The number of amidine groups is 1. The van der Waals surface area contributed by atoms with E-state index in [2.05, 4.69) is 15.3 Å². The van der Waals surface area contributed by atoms with Gasteiger partial charge >= 0.3 is 0 Å². The number of halogens is 1. The highest BCUT2D eigenvalue weighted by Crippen LogP contribution is 2.38. The zero-order chi connectivity index (χ0) is 19.1. The van der Waals surface area contributed by atoms with Crippen LogP contribution in [0.3, 0.4) is 0 Å². The van der Waals surface area contributed by atoms with Gasteiger partial charge in [-0.25, -0.2) is 4.98 Å². The number of anilines is 1. The number of aromatic nitrogens is 1. The molecule has 0 radical (unpaired) electrons. The molecule has 3 N–H and O–H groups in total. The molecule has 1 aromatic heterocycles. The van der Waals surface area contributed by atoms with Crippen molar-refractivity contribution in [2.45, 2.75) is 31.6 Å². The Balaban J connectivity index is 1.70. The van der Waals surface area contributed by atoms with Crippen LogP contribution in [0.5, 0.6) is 0 Å². The molecule has 1 aliphatic rings. The minimum Gasteiger partial charge on any atom is -0.384 e. The molecule has 0 saturated heterocycles. The summed E-state index contributed by atoms with van der Waals surface area (Å²) in [6.07, 6.45) is 8.73. The van der Waals surface area contributed by atoms with Gasteiger partial charge in [-0.1, -0.05) is 43.2 Å². The minimum absolute atomic E-state index is 0.112. The third-order valence-electron chi connectivity index (χ3n) is 4.77. The molecule has 140 valence electrons. The summed E-state index contributed by atoms with van der Waals surface area (Å²) in [6, 6.07) is 12.6. The first-order valence-corrected chi connectivity index (χ1v) is 9.11. The highest BCUT2D eigenvalue weighted by molar-refractivity contribution is 6.02. The summed E-state index contributed by atoms with van der Waals surface area (Å²) in [5, 5.41) is 2.87. The first kappa shape index (κ1) is 18.8. The summed E-state index contributed by atoms with van der Waals surface area (Å²) in [5.41, 5.74) is 7.42. The van der Waals surface area contributed by atoms with Crippen molar-refractivity contribution in [1.82, 2.24) is 4.98 Å². The summed E-state index contributed by atoms with van der Waals surface area (Å²) in [6.45, 7) is 0. The molecule has 1 heterocycles. The Labute approximate surface area is 158 Å². The van der Waals surface area contributed by atoms with E-state index in [-0.39, 0.29) is 17.7 Å². The summed E-state index contributed by atoms with van der Waals surface area (Å²) in [5.74, 6) is -0.639. The monoisotopic (exact) mass is 366 g/mol. The van der Waals surface area contributed by atoms with Crippen LogP contribution >= 0.6 is 0 Å². The number of rotatable bonds is 6. The van der Waals surface area contributed by atoms with Crippen molar-refractivity contribution in [2.24, 2.45) is 16.6 Å². The van der Waals surface area contributed by atoms with Gasteiger partial charge in [0.15, 0.2) is 0 Å². The number of nitrogens with zero attached hydrogens (tertiary/aromatic N) is 2. The highest BCUT2D eigenvalue weighted by Gasteiger charge is 2.31. The molecule has 0 bridgehead atoms. The van der Waals surface area contributed by atoms with Crippen molar-refractivity contribution in [3.8, 4) is 0 Å². The molecule has 5 nitrogen and oxygen atoms in total. The van der Waals surface area contributed by atoms with Crippen LogP contribution in [0.15, 0.2) is 65.9 Å². The lowest BCUT2D eigenvalue weighted by Crippen LogP contribution is -2.21. The molecule has 1 fully saturated rings. The van der Waals surface area contributed by atoms with Crippen molar-refractivity contribution in [3.63, 3.8) is 0 Å². The number of carbonyl (C=O) groups excluding carboxylic acids is 1. The molecule has 0 aliphatic heterocycles. The normalized spacial score (nSPS) is 16.6. The number of nitrogens with one attached hydrogen (secondary N) is 1. The van der Waals surface area contributed by atoms with E-state index in [0.29, 0.717) is 11.6 Å². The van der Waals surface area contributed by atoms with E-state index in [0.717, 1.165) is 31.2 Å². The molecule has 1 amide bonds. The second-order valence-electron chi connectivity index (χ2n) is 6.65. The Bertz CT molecular complexity index is 829. The van der Waals surface area contributed by atoms with Gasteiger partial charge in [0, 0.05) is 24.2 Å². The standard InChI is InChI=1S/C21H23FN4O/c22-18-14-17(10-12-25-18)24-13-11-19(23)26-21(27)20(16-8-4-5-9-16)15-6-2-1-3-7-15/h1-3,6-7,10-14,16,20H,4-5,8-9H2,(H,24,25)(H2,23,26,27)/b13-11-. The zero-order valence-corrected chi connectivity index (χ0v) is 15.0. The van der Waals surface area contributed by atoms with Gasteiger partial charge in [0.05, 0.1) is 5.92 Å². The number of benzene rings is 1. The van der Waals surface area contributed by atoms with Gasteiger partial charge in [-0.15, -0.1) is 0 Å². The lowest BCUT2D eigenvalue weighted by atomic mass is 9.84. The minimum atomic E-state index is -0.576. The molecular weight excluding hydrogens is 343 g/mol. The topological polar surface area (TPSA) is 80.4 Å². The van der Waals surface area contributed by atoms with Crippen molar-refractivity contribution < 1.29 is 9.18 Å². The molecular formula is C21H23FN4O. The molecule has 6 heteroatoms. The zero-order valence-electron chi connectivity index (χ0n) is 15.0. The van der Waals surface area contributed by atoms with Crippen molar-refractivity contribution in [3.05, 3.63) is 72.4 Å². The predicted molar refractivity (Wildman–Crippen MR) is 105 cm³/mol. The van der Waals surface area contributed by atoms with E-state index in [4.69, 9.17) is 5.73 Å². The average Bonchev–Trinajstić information content (AvgIpc) is 3.17. The van der Waals surface area contributed by atoms with Gasteiger partial charge in [0.1, 0.15) is 5.84 Å². The van der Waals surface area contributed by atoms with Gasteiger partial charge in [0.25, 0.3) is 5.91 Å². The maximum Gasteiger partial charge on any atom is 0.255 e. The summed E-state index contributed by atoms with van der Waals surface area (Å²) in [7, 11) is 0. The Morgan fingerprint density at radius 2 is 2.00 bits per heavy atom. The largest absolute Gasteiger partial charge is 0.384 e. The smallest absolute Gasteiger partial charge is 0.255 e. The van der Waals surface area contributed by atoms with Gasteiger partial charge in [0.2, 0.25) is 5.95 Å². The Morgan fingerprint density at radius 3 is 2.70 bits per heavy atom. The van der Waals surface area contributed by atoms with E-state index in [9.17, 15) is 9.18 Å². The Morgan fingerprint density at radius 1 is 1.26 bits per heavy atom. The number of aliphatic imine (C=N–C) groups is 1. The summed E-state index contributed by atoms with van der Waals surface area (Å²) < 4.78 is 13.1. The number of amides is 1. The summed E-state index contributed by atoms with van der Waals surface area (Å²) >= 11 is 0. The lowest BCUT2D eigenvalue weighted by molar-refractivity contribution is -0.120. The highest BCUT2D eigenvalue weighted by atomic mass is 19.1. The average molecular weight is 366 g/mol. The maximum atomic E-state index is 13.1. The fourth-order valence-electron chi connectivity index (χ4n) is 3.52. The van der Waals surface area contributed by atoms with E-state index in [1.54, 1.807) is 6.07 Å². The van der Waals surface area contributed by atoms with E-state index in [1.807, 2.05) is 30.3 Å². The van der Waals surface area contributed by atoms with Gasteiger partial charge in [-0.3, -0.25) is 4.79 Å². The number of pyridine rings is 1. The predicted octanol–water partition coefficient (Wildman–Crippen LogP) is 4.00. The molecule has 1 aliphatic carbocycles. The third-order valence-corrected chi connectivity index (χ3v) is 4.77. The van der Waals surface area contributed by atoms with Crippen molar-refractivity contribution in [2.75, 3.05) is 5.32 Å². The molecule has 0 spiro atoms. The van der Waals surface area contributed by atoms with Crippen LogP contribution in [-0.2, 0) is 4.79 Å². The first-order valence-electron chi connectivity index (χ1n) is 9.11. The summed E-state index contributed by atoms with van der Waals surface area (Å²) in [4.78, 5) is 20.4. The van der Waals surface area contributed by atoms with Crippen LogP contribution in [0.1, 0.15) is 37.2 Å². The van der Waals surface area contributed by atoms with Crippen LogP contribution in [0.2, 0.25) is 0 Å². The Kier molecular flexibility index (Phi) is 6.30. The molecule has 1 atom stereocenters. The van der Waals surface area contributed by atoms with Crippen LogP contribution in [0, 0.1) is 11.9 Å². The fraction of sp³-hybridized carbons (Fsp3) is 0.286. The molecule has 27 heavy (non-hydrogen) atoms. The number of hydrogen-bond donors (Lipinski definition) is 2. The van der Waals surface area contributed by atoms with Crippen LogP contribution in [0.4, 0.5) is 10.1 Å². The SMILES string of the molecule is NC(/C=C\Nc1ccnc(F)c1)=NC(=O)C(c1ccccc1)C1CCCC1. The first-order chi connectivity index (χ1) is 13.1. The van der Waals surface area contributed by atoms with E-state index in [1.165, 1.54) is 24.5 Å². The molecule has 1 aromatic carbocycles. The Hall–Kier alpha value is -3.02. The maximum absolute atomic E-state index is 13.1. The van der Waals surface area contributed by atoms with Crippen molar-refractivity contribution >= 4 is 17.4 Å². The molecule has 2 aromatic rings. The number of carbonyl (C=O) groups is 1. The van der Waals surface area contributed by atoms with E-state index >= 15 is 0 Å². The van der Waals surface area contributed by atoms with Gasteiger partial charge in [-0.2, -0.15) is 9.38 Å². The quantitative estimate of drug-likeness (QED) is 0.460. The van der Waals surface area contributed by atoms with Crippen LogP contribution < -0.4 is 11.1 Å². The second-order valence-corrected chi connectivity index (χ2v) is 6.65. The van der Waals surface area contributed by atoms with Gasteiger partial charge < -0.3 is 11.1 Å². The molecule has 1 saturated carbocycles. The molecule has 3 rings (SSSR count). The molecule has 1 unspecified atom stereocenters. The van der Waals surface area contributed by atoms with Crippen LogP contribution in [0.25, 0.3) is 0 Å². The van der Waals surface area contributed by atoms with E-state index < -0.39 is 5.95 Å². The third kappa shape index (κ3) is 5.23. The number of nitrogens with two attached hydrogens (primary N) is 1. The lowest BCUT2D eigenvalue weighted by Gasteiger charge is -2.20. The number of hydrogen-bond acceptors (Lipinski definition) is 3. The second kappa shape index (κ2) is 9.07. The van der Waals surface area contributed by atoms with Gasteiger partial charge in [-0.05, 0) is 36.5 Å². The van der Waals surface area contributed by atoms with Crippen molar-refractivity contribution in [1.29, 1.82) is 0 Å². The fourth-order valence-corrected chi connectivity index (χ4v) is 3.52.